The average molecular weight is 397 g/mol. The van der Waals surface area contributed by atoms with Crippen molar-refractivity contribution in [1.29, 1.82) is 0 Å². The van der Waals surface area contributed by atoms with Crippen molar-refractivity contribution in [2.45, 2.75) is 13.8 Å². The van der Waals surface area contributed by atoms with E-state index in [1.165, 1.54) is 11.0 Å². The maximum Gasteiger partial charge on any atom is 0.246 e. The van der Waals surface area contributed by atoms with Crippen LogP contribution in [0.25, 0.3) is 11.7 Å². The molecule has 28 heavy (non-hydrogen) atoms. The number of anilines is 1. The quantitative estimate of drug-likeness (QED) is 0.668. The number of nitrogens with zero attached hydrogens (tertiary/aromatic N) is 3. The van der Waals surface area contributed by atoms with Crippen molar-refractivity contribution < 1.29 is 9.59 Å². The fourth-order valence-corrected chi connectivity index (χ4v) is 3.14. The normalized spacial score (nSPS) is 11.1. The zero-order valence-corrected chi connectivity index (χ0v) is 16.7. The van der Waals surface area contributed by atoms with Crippen LogP contribution in [0.2, 0.25) is 5.15 Å². The Balaban J connectivity index is 1.66. The molecule has 0 unspecified atom stereocenters. The lowest BCUT2D eigenvalue weighted by Crippen LogP contribution is -2.34. The van der Waals surface area contributed by atoms with Gasteiger partial charge in [-0.1, -0.05) is 35.9 Å². The van der Waals surface area contributed by atoms with Gasteiger partial charge in [0, 0.05) is 25.0 Å². The topological polar surface area (TPSA) is 66.7 Å². The number of amides is 2. The van der Waals surface area contributed by atoms with Crippen molar-refractivity contribution >= 4 is 40.8 Å². The number of imidazole rings is 1. The van der Waals surface area contributed by atoms with Crippen LogP contribution in [0.4, 0.5) is 5.69 Å². The number of likely N-dealkylation sites (N-methyl/N-ethyl adjacent to an activating group) is 1. The number of para-hydroxylation sites is 1. The van der Waals surface area contributed by atoms with Gasteiger partial charge in [0.05, 0.1) is 12.2 Å². The van der Waals surface area contributed by atoms with Crippen molar-refractivity contribution in [3.05, 3.63) is 70.6 Å². The lowest BCUT2D eigenvalue weighted by Gasteiger charge is -2.16. The zero-order valence-electron chi connectivity index (χ0n) is 15.9. The van der Waals surface area contributed by atoms with E-state index in [0.29, 0.717) is 16.5 Å². The Labute approximate surface area is 168 Å². The number of fused-ring (bicyclic) bond motifs is 1. The number of hydrogen-bond acceptors (Lipinski definition) is 3. The van der Waals surface area contributed by atoms with Crippen LogP contribution >= 0.6 is 11.6 Å². The summed E-state index contributed by atoms with van der Waals surface area (Å²) >= 11 is 6.16. The highest BCUT2D eigenvalue weighted by molar-refractivity contribution is 6.31. The predicted molar refractivity (Wildman–Crippen MR) is 111 cm³/mol. The summed E-state index contributed by atoms with van der Waals surface area (Å²) in [5.74, 6) is -0.562. The molecule has 0 saturated heterocycles. The van der Waals surface area contributed by atoms with Gasteiger partial charge in [-0.15, -0.1) is 0 Å². The van der Waals surface area contributed by atoms with E-state index >= 15 is 0 Å². The second-order valence-electron chi connectivity index (χ2n) is 6.56. The van der Waals surface area contributed by atoms with Gasteiger partial charge >= 0.3 is 0 Å². The molecule has 0 aliphatic heterocycles. The van der Waals surface area contributed by atoms with Crippen LogP contribution in [0.3, 0.4) is 0 Å². The summed E-state index contributed by atoms with van der Waals surface area (Å²) in [5, 5.41) is 3.19. The summed E-state index contributed by atoms with van der Waals surface area (Å²) in [7, 11) is 1.58. The fourth-order valence-electron chi connectivity index (χ4n) is 2.90. The molecule has 6 nitrogen and oxygen atoms in total. The maximum absolute atomic E-state index is 12.4. The number of aryl methyl sites for hydroxylation is 2. The molecule has 3 aromatic rings. The molecule has 3 rings (SSSR count). The number of benzene rings is 1. The minimum Gasteiger partial charge on any atom is -0.333 e. The molecule has 0 bridgehead atoms. The molecule has 0 aliphatic rings. The first-order valence-corrected chi connectivity index (χ1v) is 9.16. The number of hydrogen-bond donors (Lipinski definition) is 1. The van der Waals surface area contributed by atoms with E-state index in [1.807, 2.05) is 56.4 Å². The second kappa shape index (κ2) is 8.27. The molecular weight excluding hydrogens is 376 g/mol. The highest BCUT2D eigenvalue weighted by Crippen LogP contribution is 2.20. The van der Waals surface area contributed by atoms with Crippen LogP contribution < -0.4 is 5.32 Å². The molecule has 0 saturated carbocycles. The largest absolute Gasteiger partial charge is 0.333 e. The highest BCUT2D eigenvalue weighted by Gasteiger charge is 2.13. The fraction of sp³-hybridized carbons (Fsp3) is 0.190. The summed E-state index contributed by atoms with van der Waals surface area (Å²) in [6, 6.07) is 11.3. The van der Waals surface area contributed by atoms with Crippen LogP contribution in [-0.2, 0) is 9.59 Å². The second-order valence-corrected chi connectivity index (χ2v) is 6.92. The lowest BCUT2D eigenvalue weighted by molar-refractivity contribution is -0.129. The van der Waals surface area contributed by atoms with Crippen LogP contribution in [0.1, 0.15) is 16.8 Å². The summed E-state index contributed by atoms with van der Waals surface area (Å²) in [6.07, 6.45) is 4.80. The number of halogens is 1. The van der Waals surface area contributed by atoms with Gasteiger partial charge in [0.25, 0.3) is 0 Å². The molecular formula is C21H21ClN4O2. The number of carbonyl (C=O) groups excluding carboxylic acids is 2. The first-order valence-electron chi connectivity index (χ1n) is 8.78. The van der Waals surface area contributed by atoms with Crippen LogP contribution in [-0.4, -0.2) is 39.7 Å². The highest BCUT2D eigenvalue weighted by atomic mass is 35.5. The third kappa shape index (κ3) is 4.23. The average Bonchev–Trinajstić information content (AvgIpc) is 2.98. The van der Waals surface area contributed by atoms with E-state index in [9.17, 15) is 9.59 Å². The van der Waals surface area contributed by atoms with Crippen molar-refractivity contribution in [3.63, 3.8) is 0 Å². The van der Waals surface area contributed by atoms with Gasteiger partial charge in [-0.3, -0.25) is 14.0 Å². The van der Waals surface area contributed by atoms with Gasteiger partial charge < -0.3 is 10.2 Å². The Morgan fingerprint density at radius 3 is 2.61 bits per heavy atom. The van der Waals surface area contributed by atoms with Gasteiger partial charge in [0.1, 0.15) is 5.65 Å². The monoisotopic (exact) mass is 396 g/mol. The third-order valence-electron chi connectivity index (χ3n) is 4.41. The molecule has 7 heteroatoms. The first-order chi connectivity index (χ1) is 13.4. The van der Waals surface area contributed by atoms with E-state index < -0.39 is 0 Å². The molecule has 1 aromatic carbocycles. The van der Waals surface area contributed by atoms with E-state index in [0.717, 1.165) is 16.8 Å². The first kappa shape index (κ1) is 19.6. The van der Waals surface area contributed by atoms with Crippen molar-refractivity contribution in [1.82, 2.24) is 14.3 Å². The number of carbonyl (C=O) groups is 2. The number of aromatic nitrogens is 2. The van der Waals surface area contributed by atoms with E-state index in [1.54, 1.807) is 17.5 Å². The molecule has 1 N–H and O–H groups in total. The Bertz CT molecular complexity index is 1050. The van der Waals surface area contributed by atoms with Gasteiger partial charge in [-0.2, -0.15) is 0 Å². The van der Waals surface area contributed by atoms with E-state index in [4.69, 9.17) is 11.6 Å². The SMILES string of the molecule is Cc1cccc(C)c1NC(=O)CN(C)C(=O)/C=C/c1c(Cl)nc2ccccn12. The molecule has 144 valence electrons. The van der Waals surface area contributed by atoms with Gasteiger partial charge in [0.2, 0.25) is 11.8 Å². The van der Waals surface area contributed by atoms with Crippen molar-refractivity contribution in [3.8, 4) is 0 Å². The molecule has 0 aliphatic carbocycles. The molecule has 0 radical (unpaired) electrons. The number of rotatable bonds is 5. The van der Waals surface area contributed by atoms with Gasteiger partial charge in [-0.05, 0) is 43.2 Å². The molecule has 0 spiro atoms. The lowest BCUT2D eigenvalue weighted by atomic mass is 10.1. The minimum absolute atomic E-state index is 0.0577. The zero-order chi connectivity index (χ0) is 20.3. The Kier molecular flexibility index (Phi) is 5.80. The maximum atomic E-state index is 12.4. The Hall–Kier alpha value is -3.12. The molecule has 2 aromatic heterocycles. The smallest absolute Gasteiger partial charge is 0.246 e. The van der Waals surface area contributed by atoms with Gasteiger partial charge in [0.15, 0.2) is 5.15 Å². The summed E-state index contributed by atoms with van der Waals surface area (Å²) in [5.41, 5.74) is 4.04. The van der Waals surface area contributed by atoms with Crippen molar-refractivity contribution in [2.75, 3.05) is 18.9 Å². The standard InChI is InChI=1S/C21H21ClN4O2/c1-14-7-6-8-15(2)20(14)24-18(27)13-25(3)19(28)11-10-16-21(22)23-17-9-4-5-12-26(16)17/h4-12H,13H2,1-3H3,(H,24,27)/b11-10+. The van der Waals surface area contributed by atoms with Gasteiger partial charge in [-0.25, -0.2) is 4.98 Å². The summed E-state index contributed by atoms with van der Waals surface area (Å²) in [4.78, 5) is 30.3. The van der Waals surface area contributed by atoms with Crippen molar-refractivity contribution in [2.24, 2.45) is 0 Å². The Morgan fingerprint density at radius 2 is 1.89 bits per heavy atom. The summed E-state index contributed by atoms with van der Waals surface area (Å²) in [6.45, 7) is 3.80. The van der Waals surface area contributed by atoms with E-state index in [-0.39, 0.29) is 18.4 Å². The molecule has 0 fully saturated rings. The van der Waals surface area contributed by atoms with E-state index in [2.05, 4.69) is 10.3 Å². The molecule has 2 heterocycles. The van der Waals surface area contributed by atoms with Crippen LogP contribution in [0.15, 0.2) is 48.7 Å². The number of nitrogens with one attached hydrogen (secondary N) is 1. The van der Waals surface area contributed by atoms with Crippen LogP contribution in [0, 0.1) is 13.8 Å². The molecule has 2 amide bonds. The predicted octanol–water partition coefficient (Wildman–Crippen LogP) is 3.71. The third-order valence-corrected chi connectivity index (χ3v) is 4.69. The number of pyridine rings is 1. The Morgan fingerprint density at radius 1 is 1.18 bits per heavy atom. The summed E-state index contributed by atoms with van der Waals surface area (Å²) < 4.78 is 1.79. The van der Waals surface area contributed by atoms with Crippen LogP contribution in [0.5, 0.6) is 0 Å². The molecule has 0 atom stereocenters. The minimum atomic E-state index is -0.307.